The molecule has 144 valence electrons. The number of carbonyl (C=O) groups excluding carboxylic acids is 3. The molecule has 1 aromatic rings. The van der Waals surface area contributed by atoms with Gasteiger partial charge in [0.25, 0.3) is 5.91 Å². The van der Waals surface area contributed by atoms with Crippen molar-refractivity contribution >= 4 is 23.8 Å². The summed E-state index contributed by atoms with van der Waals surface area (Å²) in [4.78, 5) is 34.7. The molecule has 0 aliphatic heterocycles. The van der Waals surface area contributed by atoms with E-state index >= 15 is 0 Å². The molecular formula is C18H27N3O5. The number of amides is 2. The number of hydrogen-bond donors (Lipinski definition) is 3. The van der Waals surface area contributed by atoms with Gasteiger partial charge < -0.3 is 20.0 Å². The van der Waals surface area contributed by atoms with Crippen molar-refractivity contribution in [1.82, 2.24) is 10.4 Å². The first kappa shape index (κ1) is 21.4. The predicted octanol–water partition coefficient (Wildman–Crippen LogP) is 1.35. The number of aliphatic hydroxyl groups is 1. The van der Waals surface area contributed by atoms with Crippen LogP contribution in [0.4, 0.5) is 5.69 Å². The van der Waals surface area contributed by atoms with Crippen molar-refractivity contribution < 1.29 is 24.2 Å². The third-order valence-electron chi connectivity index (χ3n) is 3.67. The lowest BCUT2D eigenvalue weighted by Gasteiger charge is -2.21. The molecule has 3 N–H and O–H groups in total. The molecule has 1 rings (SSSR count). The third kappa shape index (κ3) is 6.72. The monoisotopic (exact) mass is 365 g/mol. The van der Waals surface area contributed by atoms with Gasteiger partial charge in [0.05, 0.1) is 18.4 Å². The molecule has 0 radical (unpaired) electrons. The standard InChI is InChI=1S/C18H27N3O5/c1-21(20-16(24)10-7-13-23)18(25)14-8-6-9-15(17(14)26-2)19-11-4-3-5-12-22/h6,8-9,12,19,23H,3-5,7,10-11,13H2,1-2H3,(H,20,24). The lowest BCUT2D eigenvalue weighted by molar-refractivity contribution is -0.124. The van der Waals surface area contributed by atoms with E-state index in [1.165, 1.54) is 14.2 Å². The molecule has 1 aromatic carbocycles. The Kier molecular flexibility index (Phi) is 9.78. The van der Waals surface area contributed by atoms with Crippen LogP contribution in [0, 0.1) is 0 Å². The summed E-state index contributed by atoms with van der Waals surface area (Å²) in [6.07, 6.45) is 3.50. The summed E-state index contributed by atoms with van der Waals surface area (Å²) in [5.74, 6) is -0.369. The number of ether oxygens (including phenoxy) is 1. The summed E-state index contributed by atoms with van der Waals surface area (Å²) >= 11 is 0. The van der Waals surface area contributed by atoms with E-state index in [0.29, 0.717) is 36.4 Å². The van der Waals surface area contributed by atoms with Crippen molar-refractivity contribution in [3.63, 3.8) is 0 Å². The molecule has 0 spiro atoms. The highest BCUT2D eigenvalue weighted by molar-refractivity contribution is 5.99. The first-order chi connectivity index (χ1) is 12.5. The van der Waals surface area contributed by atoms with Gasteiger partial charge in [-0.15, -0.1) is 0 Å². The summed E-state index contributed by atoms with van der Waals surface area (Å²) in [6, 6.07) is 5.15. The maximum Gasteiger partial charge on any atom is 0.275 e. The van der Waals surface area contributed by atoms with Crippen LogP contribution in [0.2, 0.25) is 0 Å². The van der Waals surface area contributed by atoms with Gasteiger partial charge in [-0.25, -0.2) is 0 Å². The first-order valence-corrected chi connectivity index (χ1v) is 8.58. The van der Waals surface area contributed by atoms with E-state index < -0.39 is 5.91 Å². The largest absolute Gasteiger partial charge is 0.494 e. The zero-order valence-corrected chi connectivity index (χ0v) is 15.3. The number of anilines is 1. The smallest absolute Gasteiger partial charge is 0.275 e. The van der Waals surface area contributed by atoms with Gasteiger partial charge in [-0.3, -0.25) is 20.0 Å². The number of nitrogens with zero attached hydrogens (tertiary/aromatic N) is 1. The highest BCUT2D eigenvalue weighted by Gasteiger charge is 2.20. The number of rotatable bonds is 11. The van der Waals surface area contributed by atoms with Crippen molar-refractivity contribution in [2.75, 3.05) is 32.6 Å². The van der Waals surface area contributed by atoms with Gasteiger partial charge in [-0.2, -0.15) is 0 Å². The molecule has 0 saturated heterocycles. The second-order valence-corrected chi connectivity index (χ2v) is 5.70. The van der Waals surface area contributed by atoms with E-state index in [1.807, 2.05) is 0 Å². The van der Waals surface area contributed by atoms with Crippen molar-refractivity contribution in [3.05, 3.63) is 23.8 Å². The van der Waals surface area contributed by atoms with E-state index in [9.17, 15) is 14.4 Å². The molecule has 0 fully saturated rings. The molecule has 0 unspecified atom stereocenters. The third-order valence-corrected chi connectivity index (χ3v) is 3.67. The fraction of sp³-hybridized carbons (Fsp3) is 0.500. The van der Waals surface area contributed by atoms with Crippen molar-refractivity contribution in [1.29, 1.82) is 0 Å². The van der Waals surface area contributed by atoms with Crippen molar-refractivity contribution in [2.45, 2.75) is 32.1 Å². The number of para-hydroxylation sites is 1. The Morgan fingerprint density at radius 1 is 1.27 bits per heavy atom. The molecule has 0 aromatic heterocycles. The topological polar surface area (TPSA) is 108 Å². The quantitative estimate of drug-likeness (QED) is 0.310. The number of aliphatic hydroxyl groups excluding tert-OH is 1. The second kappa shape index (κ2) is 11.9. The number of aldehydes is 1. The Balaban J connectivity index is 2.77. The van der Waals surface area contributed by atoms with E-state index in [1.54, 1.807) is 18.2 Å². The molecule has 0 saturated carbocycles. The Morgan fingerprint density at radius 2 is 2.04 bits per heavy atom. The van der Waals surface area contributed by atoms with Gasteiger partial charge in [0.1, 0.15) is 6.29 Å². The van der Waals surface area contributed by atoms with Gasteiger partial charge >= 0.3 is 0 Å². The number of benzene rings is 1. The number of unbranched alkanes of at least 4 members (excludes halogenated alkanes) is 2. The molecule has 8 heteroatoms. The van der Waals surface area contributed by atoms with Crippen LogP contribution in [-0.4, -0.2) is 55.5 Å². The van der Waals surface area contributed by atoms with Crippen LogP contribution in [0.5, 0.6) is 5.75 Å². The van der Waals surface area contributed by atoms with E-state index in [2.05, 4.69) is 10.7 Å². The minimum atomic E-state index is -0.413. The van der Waals surface area contributed by atoms with Crippen LogP contribution in [0.1, 0.15) is 42.5 Å². The summed E-state index contributed by atoms with van der Waals surface area (Å²) < 4.78 is 5.38. The average Bonchev–Trinajstić information content (AvgIpc) is 2.65. The normalized spacial score (nSPS) is 10.1. The molecule has 0 bridgehead atoms. The van der Waals surface area contributed by atoms with Gasteiger partial charge in [0.2, 0.25) is 5.91 Å². The fourth-order valence-electron chi connectivity index (χ4n) is 2.35. The van der Waals surface area contributed by atoms with E-state index in [-0.39, 0.29) is 18.9 Å². The summed E-state index contributed by atoms with van der Waals surface area (Å²) in [5, 5.41) is 13.1. The van der Waals surface area contributed by atoms with Crippen LogP contribution in [-0.2, 0) is 9.59 Å². The molecule has 8 nitrogen and oxygen atoms in total. The van der Waals surface area contributed by atoms with Crippen LogP contribution in [0.15, 0.2) is 18.2 Å². The molecule has 0 heterocycles. The minimum Gasteiger partial charge on any atom is -0.494 e. The predicted molar refractivity (Wildman–Crippen MR) is 98.0 cm³/mol. The summed E-state index contributed by atoms with van der Waals surface area (Å²) in [7, 11) is 2.93. The minimum absolute atomic E-state index is 0.0839. The molecule has 0 aliphatic rings. The van der Waals surface area contributed by atoms with Crippen LogP contribution in [0.3, 0.4) is 0 Å². The average molecular weight is 365 g/mol. The number of hydrazine groups is 1. The molecule has 0 atom stereocenters. The Morgan fingerprint density at radius 3 is 2.69 bits per heavy atom. The van der Waals surface area contributed by atoms with Gasteiger partial charge in [0, 0.05) is 33.0 Å². The van der Waals surface area contributed by atoms with Gasteiger partial charge in [0.15, 0.2) is 5.75 Å². The zero-order valence-electron chi connectivity index (χ0n) is 15.3. The lowest BCUT2D eigenvalue weighted by atomic mass is 10.1. The molecule has 0 aliphatic carbocycles. The number of methoxy groups -OCH3 is 1. The van der Waals surface area contributed by atoms with Crippen LogP contribution >= 0.6 is 0 Å². The first-order valence-electron chi connectivity index (χ1n) is 8.58. The molecular weight excluding hydrogens is 338 g/mol. The molecule has 2 amide bonds. The summed E-state index contributed by atoms with van der Waals surface area (Å²) in [6.45, 7) is 0.565. The van der Waals surface area contributed by atoms with Crippen LogP contribution < -0.4 is 15.5 Å². The van der Waals surface area contributed by atoms with Gasteiger partial charge in [-0.05, 0) is 31.4 Å². The second-order valence-electron chi connectivity index (χ2n) is 5.70. The Bertz CT molecular complexity index is 606. The summed E-state index contributed by atoms with van der Waals surface area (Å²) in [5.41, 5.74) is 3.46. The van der Waals surface area contributed by atoms with Crippen molar-refractivity contribution in [2.24, 2.45) is 0 Å². The fourth-order valence-corrected chi connectivity index (χ4v) is 2.35. The Hall–Kier alpha value is -2.61. The maximum atomic E-state index is 12.6. The zero-order chi connectivity index (χ0) is 19.4. The maximum absolute atomic E-state index is 12.6. The van der Waals surface area contributed by atoms with Crippen LogP contribution in [0.25, 0.3) is 0 Å². The number of carbonyl (C=O) groups is 3. The number of hydrogen-bond acceptors (Lipinski definition) is 6. The van der Waals surface area contributed by atoms with Crippen molar-refractivity contribution in [3.8, 4) is 5.75 Å². The van der Waals surface area contributed by atoms with E-state index in [4.69, 9.17) is 9.84 Å². The molecule has 26 heavy (non-hydrogen) atoms. The highest BCUT2D eigenvalue weighted by atomic mass is 16.5. The van der Waals surface area contributed by atoms with Gasteiger partial charge in [-0.1, -0.05) is 6.07 Å². The lowest BCUT2D eigenvalue weighted by Crippen LogP contribution is -2.43. The SMILES string of the molecule is COc1c(NCCCCC=O)cccc1C(=O)N(C)NC(=O)CCCO. The Labute approximate surface area is 153 Å². The van der Waals surface area contributed by atoms with E-state index in [0.717, 1.165) is 24.1 Å². The number of nitrogens with one attached hydrogen (secondary N) is 2. The highest BCUT2D eigenvalue weighted by Crippen LogP contribution is 2.29.